The number of benzene rings is 1. The van der Waals surface area contributed by atoms with Crippen molar-refractivity contribution >= 4 is 5.97 Å². The number of carbonyl (C=O) groups is 1. The summed E-state index contributed by atoms with van der Waals surface area (Å²) in [6.45, 7) is 5.70. The molecule has 2 N–H and O–H groups in total. The number of para-hydroxylation sites is 1. The Morgan fingerprint density at radius 2 is 1.50 bits per heavy atom. The van der Waals surface area contributed by atoms with E-state index in [1.54, 1.807) is 6.92 Å². The van der Waals surface area contributed by atoms with Crippen LogP contribution in [0.3, 0.4) is 0 Å². The predicted molar refractivity (Wildman–Crippen MR) is 64.8 cm³/mol. The summed E-state index contributed by atoms with van der Waals surface area (Å²) in [5, 5.41) is 17.3. The Balaban J connectivity index is 0.000000385. The molecule has 3 heteroatoms. The molecule has 0 unspecified atom stereocenters. The Hall–Kier alpha value is -1.51. The van der Waals surface area contributed by atoms with E-state index in [1.807, 2.05) is 18.2 Å². The Labute approximate surface area is 96.7 Å². The van der Waals surface area contributed by atoms with Gasteiger partial charge in [-0.05, 0) is 24.0 Å². The van der Waals surface area contributed by atoms with Crippen LogP contribution in [0.1, 0.15) is 38.3 Å². The zero-order chi connectivity index (χ0) is 12.6. The Bertz CT molecular complexity index is 310. The number of aromatic hydroxyl groups is 1. The number of carboxylic acid groups (broad SMARTS) is 1. The Kier molecular flexibility index (Phi) is 7.01. The lowest BCUT2D eigenvalue weighted by atomic mass is 10.1. The molecule has 0 spiro atoms. The lowest BCUT2D eigenvalue weighted by Crippen LogP contribution is -1.86. The minimum atomic E-state index is -0.745. The van der Waals surface area contributed by atoms with Crippen molar-refractivity contribution in [1.82, 2.24) is 0 Å². The van der Waals surface area contributed by atoms with E-state index in [4.69, 9.17) is 5.11 Å². The third-order valence-corrected chi connectivity index (χ3v) is 2.27. The molecule has 0 saturated carbocycles. The van der Waals surface area contributed by atoms with Gasteiger partial charge >= 0.3 is 5.97 Å². The molecule has 16 heavy (non-hydrogen) atoms. The van der Waals surface area contributed by atoms with Crippen molar-refractivity contribution in [2.75, 3.05) is 0 Å². The number of phenols is 1. The second-order valence-electron chi connectivity index (χ2n) is 3.38. The molecule has 0 aliphatic carbocycles. The van der Waals surface area contributed by atoms with E-state index >= 15 is 0 Å². The number of rotatable bonds is 3. The van der Waals surface area contributed by atoms with E-state index in [2.05, 4.69) is 13.8 Å². The van der Waals surface area contributed by atoms with Gasteiger partial charge in [-0.25, -0.2) is 0 Å². The maximum atomic E-state index is 9.59. The Morgan fingerprint density at radius 1 is 1.12 bits per heavy atom. The molecule has 0 aliphatic heterocycles. The smallest absolute Gasteiger partial charge is 0.303 e. The molecule has 1 aromatic rings. The monoisotopic (exact) mass is 224 g/mol. The average Bonchev–Trinajstić information content (AvgIpc) is 2.30. The summed E-state index contributed by atoms with van der Waals surface area (Å²) in [5.74, 6) is -0.262. The van der Waals surface area contributed by atoms with Gasteiger partial charge in [-0.2, -0.15) is 0 Å². The second-order valence-corrected chi connectivity index (χ2v) is 3.38. The number of hydrogen-bond donors (Lipinski definition) is 2. The summed E-state index contributed by atoms with van der Waals surface area (Å²) >= 11 is 0. The first kappa shape index (κ1) is 14.5. The topological polar surface area (TPSA) is 57.5 Å². The van der Waals surface area contributed by atoms with Gasteiger partial charge in [0.05, 0.1) is 0 Å². The molecule has 0 aliphatic rings. The van der Waals surface area contributed by atoms with Crippen LogP contribution < -0.4 is 0 Å². The molecular weight excluding hydrogens is 204 g/mol. The molecule has 1 aromatic carbocycles. The summed E-state index contributed by atoms with van der Waals surface area (Å²) in [5.41, 5.74) is 2.09. The minimum Gasteiger partial charge on any atom is -0.507 e. The zero-order valence-electron chi connectivity index (χ0n) is 10.2. The second kappa shape index (κ2) is 7.74. The van der Waals surface area contributed by atoms with Crippen molar-refractivity contribution in [2.24, 2.45) is 0 Å². The van der Waals surface area contributed by atoms with Crippen molar-refractivity contribution in [3.05, 3.63) is 29.3 Å². The largest absolute Gasteiger partial charge is 0.507 e. The number of aliphatic carboxylic acids is 1. The first-order valence-corrected chi connectivity index (χ1v) is 5.58. The van der Waals surface area contributed by atoms with Crippen LogP contribution in [0.5, 0.6) is 5.75 Å². The first-order valence-electron chi connectivity index (χ1n) is 5.58. The lowest BCUT2D eigenvalue weighted by molar-refractivity contribution is -0.136. The highest BCUT2D eigenvalue weighted by Crippen LogP contribution is 2.22. The first-order chi connectivity index (χ1) is 7.56. The molecule has 3 nitrogen and oxygen atoms in total. The van der Waals surface area contributed by atoms with E-state index in [0.29, 0.717) is 5.75 Å². The summed E-state index contributed by atoms with van der Waals surface area (Å²) in [6, 6.07) is 5.93. The molecule has 0 aromatic heterocycles. The van der Waals surface area contributed by atoms with Gasteiger partial charge in [0.1, 0.15) is 5.75 Å². The molecule has 0 heterocycles. The highest BCUT2D eigenvalue weighted by Gasteiger charge is 2.01. The number of carboxylic acids is 1. The minimum absolute atomic E-state index is 0.222. The Morgan fingerprint density at radius 3 is 1.75 bits per heavy atom. The molecule has 0 fully saturated rings. The van der Waals surface area contributed by atoms with Crippen molar-refractivity contribution in [3.63, 3.8) is 0 Å². The third kappa shape index (κ3) is 4.82. The molecule has 1 rings (SSSR count). The third-order valence-electron chi connectivity index (χ3n) is 2.27. The van der Waals surface area contributed by atoms with Crippen LogP contribution in [-0.4, -0.2) is 16.2 Å². The molecular formula is C13H20O3. The highest BCUT2D eigenvalue weighted by molar-refractivity contribution is 5.66. The van der Waals surface area contributed by atoms with E-state index in [1.165, 1.54) is 0 Å². The van der Waals surface area contributed by atoms with Crippen LogP contribution in [0.2, 0.25) is 0 Å². The lowest BCUT2D eigenvalue weighted by Gasteiger charge is -2.05. The van der Waals surface area contributed by atoms with Gasteiger partial charge in [-0.15, -0.1) is 0 Å². The summed E-state index contributed by atoms with van der Waals surface area (Å²) < 4.78 is 0. The van der Waals surface area contributed by atoms with E-state index < -0.39 is 5.97 Å². The average molecular weight is 224 g/mol. The SMILES string of the molecule is CCC(=O)O.CCc1cccc(CC)c1O. The van der Waals surface area contributed by atoms with Crippen molar-refractivity contribution < 1.29 is 15.0 Å². The fraction of sp³-hybridized carbons (Fsp3) is 0.462. The maximum absolute atomic E-state index is 9.59. The maximum Gasteiger partial charge on any atom is 0.303 e. The molecule has 0 bridgehead atoms. The van der Waals surface area contributed by atoms with Crippen LogP contribution >= 0.6 is 0 Å². The van der Waals surface area contributed by atoms with Gasteiger partial charge in [0.15, 0.2) is 0 Å². The van der Waals surface area contributed by atoms with Crippen LogP contribution in [0, 0.1) is 0 Å². The van der Waals surface area contributed by atoms with E-state index in [9.17, 15) is 9.90 Å². The highest BCUT2D eigenvalue weighted by atomic mass is 16.4. The molecule has 0 radical (unpaired) electrons. The van der Waals surface area contributed by atoms with E-state index in [-0.39, 0.29) is 6.42 Å². The van der Waals surface area contributed by atoms with Crippen molar-refractivity contribution in [3.8, 4) is 5.75 Å². The normalized spacial score (nSPS) is 9.19. The van der Waals surface area contributed by atoms with Crippen molar-refractivity contribution in [2.45, 2.75) is 40.0 Å². The number of aryl methyl sites for hydroxylation is 2. The standard InChI is InChI=1S/C10H14O.C3H6O2/c1-3-8-6-5-7-9(4-2)10(8)11;1-2-3(4)5/h5-7,11H,3-4H2,1-2H3;2H2,1H3,(H,4,5). The summed E-state index contributed by atoms with van der Waals surface area (Å²) in [6.07, 6.45) is 2.03. The zero-order valence-corrected chi connectivity index (χ0v) is 10.2. The van der Waals surface area contributed by atoms with Crippen molar-refractivity contribution in [1.29, 1.82) is 0 Å². The van der Waals surface area contributed by atoms with Crippen LogP contribution in [-0.2, 0) is 17.6 Å². The molecule has 0 amide bonds. The van der Waals surface area contributed by atoms with Gasteiger partial charge in [-0.3, -0.25) is 4.79 Å². The van der Waals surface area contributed by atoms with Gasteiger partial charge < -0.3 is 10.2 Å². The predicted octanol–water partition coefficient (Wildman–Crippen LogP) is 3.00. The van der Waals surface area contributed by atoms with E-state index in [0.717, 1.165) is 24.0 Å². The van der Waals surface area contributed by atoms with Gasteiger partial charge in [0.2, 0.25) is 0 Å². The van der Waals surface area contributed by atoms with Gasteiger partial charge in [0.25, 0.3) is 0 Å². The molecule has 0 saturated heterocycles. The van der Waals surface area contributed by atoms with Crippen LogP contribution in [0.4, 0.5) is 0 Å². The summed E-state index contributed by atoms with van der Waals surface area (Å²) in [4.78, 5) is 9.37. The number of hydrogen-bond acceptors (Lipinski definition) is 2. The number of phenolic OH excluding ortho intramolecular Hbond substituents is 1. The fourth-order valence-electron chi connectivity index (χ4n) is 1.22. The molecule has 90 valence electrons. The summed E-state index contributed by atoms with van der Waals surface area (Å²) in [7, 11) is 0. The quantitative estimate of drug-likeness (QED) is 0.829. The molecule has 0 atom stereocenters. The van der Waals surface area contributed by atoms with Crippen LogP contribution in [0.15, 0.2) is 18.2 Å². The van der Waals surface area contributed by atoms with Gasteiger partial charge in [0, 0.05) is 6.42 Å². The van der Waals surface area contributed by atoms with Crippen LogP contribution in [0.25, 0.3) is 0 Å². The fourth-order valence-corrected chi connectivity index (χ4v) is 1.22. The van der Waals surface area contributed by atoms with Gasteiger partial charge in [-0.1, -0.05) is 39.0 Å².